The van der Waals surface area contributed by atoms with E-state index < -0.39 is 11.7 Å². The fourth-order valence-electron chi connectivity index (χ4n) is 1.18. The molecule has 4 nitrogen and oxygen atoms in total. The minimum absolute atomic E-state index is 0.0428. The van der Waals surface area contributed by atoms with E-state index in [4.69, 9.17) is 0 Å². The molecule has 1 aromatic rings. The normalized spacial score (nSPS) is 10.5. The van der Waals surface area contributed by atoms with Crippen molar-refractivity contribution in [2.45, 2.75) is 0 Å². The van der Waals surface area contributed by atoms with Crippen LogP contribution in [0, 0.1) is 5.82 Å². The number of nitrogens with one attached hydrogen (secondary N) is 1. The summed E-state index contributed by atoms with van der Waals surface area (Å²) in [6.07, 6.45) is 0. The number of hydrogen-bond donors (Lipinski definition) is 2. The first kappa shape index (κ1) is 12.4. The Balaban J connectivity index is 2.62. The number of rotatable bonds is 4. The number of phenols is 1. The lowest BCUT2D eigenvalue weighted by molar-refractivity contribution is 0.0948. The van der Waals surface area contributed by atoms with Gasteiger partial charge in [-0.05, 0) is 32.3 Å². The second-order valence-electron chi connectivity index (χ2n) is 3.72. The predicted molar refractivity (Wildman–Crippen MR) is 59.0 cm³/mol. The standard InChI is InChI=1S/C11H15FN2O2/c1-14(2)6-5-13-11(16)9-7-8(12)3-4-10(9)15/h3-4,7,15H,5-6H2,1-2H3,(H,13,16). The summed E-state index contributed by atoms with van der Waals surface area (Å²) >= 11 is 0. The van der Waals surface area contributed by atoms with Gasteiger partial charge in [-0.1, -0.05) is 0 Å². The Kier molecular flexibility index (Phi) is 4.25. The molecule has 16 heavy (non-hydrogen) atoms. The summed E-state index contributed by atoms with van der Waals surface area (Å²) in [6, 6.07) is 3.28. The van der Waals surface area contributed by atoms with Gasteiger partial charge in [-0.15, -0.1) is 0 Å². The fraction of sp³-hybridized carbons (Fsp3) is 0.364. The molecule has 0 radical (unpaired) electrons. The third-order valence-corrected chi connectivity index (χ3v) is 2.05. The molecule has 0 heterocycles. The summed E-state index contributed by atoms with van der Waals surface area (Å²) in [5.74, 6) is -1.24. The zero-order valence-corrected chi connectivity index (χ0v) is 9.33. The highest BCUT2D eigenvalue weighted by molar-refractivity contribution is 5.96. The molecule has 0 fully saturated rings. The summed E-state index contributed by atoms with van der Waals surface area (Å²) in [5, 5.41) is 12.0. The van der Waals surface area contributed by atoms with Crippen LogP contribution in [-0.4, -0.2) is 43.1 Å². The number of carbonyl (C=O) groups is 1. The number of hydrogen-bond acceptors (Lipinski definition) is 3. The smallest absolute Gasteiger partial charge is 0.255 e. The first-order valence-electron chi connectivity index (χ1n) is 4.92. The van der Waals surface area contributed by atoms with Crippen molar-refractivity contribution in [3.8, 4) is 5.75 Å². The second-order valence-corrected chi connectivity index (χ2v) is 3.72. The average Bonchev–Trinajstić information content (AvgIpc) is 2.21. The molecule has 1 rings (SSSR count). The van der Waals surface area contributed by atoms with Crippen molar-refractivity contribution >= 4 is 5.91 Å². The molecular weight excluding hydrogens is 211 g/mol. The van der Waals surface area contributed by atoms with Crippen LogP contribution >= 0.6 is 0 Å². The number of carbonyl (C=O) groups excluding carboxylic acids is 1. The molecule has 0 saturated heterocycles. The van der Waals surface area contributed by atoms with Crippen LogP contribution in [0.15, 0.2) is 18.2 Å². The molecule has 1 amide bonds. The Labute approximate surface area is 93.7 Å². The second kappa shape index (κ2) is 5.46. The highest BCUT2D eigenvalue weighted by atomic mass is 19.1. The van der Waals surface area contributed by atoms with E-state index in [1.165, 1.54) is 0 Å². The Morgan fingerprint density at radius 3 is 2.81 bits per heavy atom. The number of benzene rings is 1. The molecular formula is C11H15FN2O2. The van der Waals surface area contributed by atoms with Gasteiger partial charge in [0.05, 0.1) is 5.56 Å². The maximum Gasteiger partial charge on any atom is 0.255 e. The van der Waals surface area contributed by atoms with Crippen LogP contribution in [0.2, 0.25) is 0 Å². The summed E-state index contributed by atoms with van der Waals surface area (Å²) in [7, 11) is 3.76. The monoisotopic (exact) mass is 226 g/mol. The maximum absolute atomic E-state index is 12.9. The van der Waals surface area contributed by atoms with E-state index in [0.29, 0.717) is 13.1 Å². The van der Waals surface area contributed by atoms with E-state index in [9.17, 15) is 14.3 Å². The minimum atomic E-state index is -0.546. The Bertz CT molecular complexity index is 380. The number of halogens is 1. The largest absolute Gasteiger partial charge is 0.507 e. The summed E-state index contributed by atoms with van der Waals surface area (Å²) in [6.45, 7) is 1.13. The van der Waals surface area contributed by atoms with E-state index in [-0.39, 0.29) is 11.3 Å². The van der Waals surface area contributed by atoms with Gasteiger partial charge in [0.1, 0.15) is 11.6 Å². The molecule has 0 spiro atoms. The van der Waals surface area contributed by atoms with Crippen molar-refractivity contribution < 1.29 is 14.3 Å². The molecule has 0 saturated carbocycles. The van der Waals surface area contributed by atoms with Gasteiger partial charge in [0.2, 0.25) is 0 Å². The van der Waals surface area contributed by atoms with Gasteiger partial charge >= 0.3 is 0 Å². The topological polar surface area (TPSA) is 52.6 Å². The first-order chi connectivity index (χ1) is 7.50. The zero-order valence-electron chi connectivity index (χ0n) is 9.33. The van der Waals surface area contributed by atoms with Gasteiger partial charge < -0.3 is 15.3 Å². The van der Waals surface area contributed by atoms with E-state index in [1.807, 2.05) is 19.0 Å². The minimum Gasteiger partial charge on any atom is -0.507 e. The van der Waals surface area contributed by atoms with Gasteiger partial charge in [0.25, 0.3) is 5.91 Å². The predicted octanol–water partition coefficient (Wildman–Crippen LogP) is 0.823. The number of amides is 1. The molecule has 0 unspecified atom stereocenters. The fourth-order valence-corrected chi connectivity index (χ4v) is 1.18. The Hall–Kier alpha value is -1.62. The lowest BCUT2D eigenvalue weighted by Crippen LogP contribution is -2.31. The lowest BCUT2D eigenvalue weighted by atomic mass is 10.2. The third kappa shape index (κ3) is 3.51. The molecule has 0 atom stereocenters. The van der Waals surface area contributed by atoms with Gasteiger partial charge in [0, 0.05) is 13.1 Å². The van der Waals surface area contributed by atoms with Crippen molar-refractivity contribution in [1.82, 2.24) is 10.2 Å². The molecule has 1 aromatic carbocycles. The number of nitrogens with zero attached hydrogens (tertiary/aromatic N) is 1. The van der Waals surface area contributed by atoms with Crippen molar-refractivity contribution in [3.05, 3.63) is 29.6 Å². The maximum atomic E-state index is 12.9. The number of likely N-dealkylation sites (N-methyl/N-ethyl adjacent to an activating group) is 1. The number of phenolic OH excluding ortho intramolecular Hbond substituents is 1. The van der Waals surface area contributed by atoms with E-state index in [1.54, 1.807) is 0 Å². The zero-order chi connectivity index (χ0) is 12.1. The van der Waals surface area contributed by atoms with Gasteiger partial charge in [-0.25, -0.2) is 4.39 Å². The van der Waals surface area contributed by atoms with Crippen LogP contribution < -0.4 is 5.32 Å². The van der Waals surface area contributed by atoms with Crippen LogP contribution in [0.25, 0.3) is 0 Å². The summed E-state index contributed by atoms with van der Waals surface area (Å²) in [5.41, 5.74) is -0.0428. The third-order valence-electron chi connectivity index (χ3n) is 2.05. The molecule has 0 aliphatic carbocycles. The van der Waals surface area contributed by atoms with Gasteiger partial charge in [-0.2, -0.15) is 0 Å². The highest BCUT2D eigenvalue weighted by Gasteiger charge is 2.11. The van der Waals surface area contributed by atoms with Crippen molar-refractivity contribution in [3.63, 3.8) is 0 Å². The SMILES string of the molecule is CN(C)CCNC(=O)c1cc(F)ccc1O. The van der Waals surface area contributed by atoms with Crippen molar-refractivity contribution in [2.24, 2.45) is 0 Å². The average molecular weight is 226 g/mol. The molecule has 0 aromatic heterocycles. The molecule has 88 valence electrons. The van der Waals surface area contributed by atoms with Crippen LogP contribution in [0.5, 0.6) is 5.75 Å². The van der Waals surface area contributed by atoms with E-state index in [2.05, 4.69) is 5.32 Å². The molecule has 5 heteroatoms. The highest BCUT2D eigenvalue weighted by Crippen LogP contribution is 2.17. The van der Waals surface area contributed by atoms with Crippen LogP contribution in [0.4, 0.5) is 4.39 Å². The van der Waals surface area contributed by atoms with Gasteiger partial charge in [0.15, 0.2) is 0 Å². The first-order valence-corrected chi connectivity index (χ1v) is 4.92. The summed E-state index contributed by atoms with van der Waals surface area (Å²) < 4.78 is 12.9. The number of aromatic hydroxyl groups is 1. The Morgan fingerprint density at radius 1 is 1.50 bits per heavy atom. The van der Waals surface area contributed by atoms with Crippen molar-refractivity contribution in [1.29, 1.82) is 0 Å². The van der Waals surface area contributed by atoms with Crippen LogP contribution in [0.1, 0.15) is 10.4 Å². The molecule has 0 bridgehead atoms. The Morgan fingerprint density at radius 2 is 2.19 bits per heavy atom. The van der Waals surface area contributed by atoms with Crippen LogP contribution in [0.3, 0.4) is 0 Å². The molecule has 0 aliphatic rings. The van der Waals surface area contributed by atoms with E-state index >= 15 is 0 Å². The summed E-state index contributed by atoms with van der Waals surface area (Å²) in [4.78, 5) is 13.5. The lowest BCUT2D eigenvalue weighted by Gasteiger charge is -2.10. The molecule has 2 N–H and O–H groups in total. The van der Waals surface area contributed by atoms with Crippen LogP contribution in [-0.2, 0) is 0 Å². The van der Waals surface area contributed by atoms with Crippen molar-refractivity contribution in [2.75, 3.05) is 27.2 Å². The molecule has 0 aliphatic heterocycles. The van der Waals surface area contributed by atoms with E-state index in [0.717, 1.165) is 18.2 Å². The quantitative estimate of drug-likeness (QED) is 0.799. The van der Waals surface area contributed by atoms with Gasteiger partial charge in [-0.3, -0.25) is 4.79 Å².